The lowest BCUT2D eigenvalue weighted by Crippen LogP contribution is -2.24. The second-order valence-corrected chi connectivity index (χ2v) is 7.47. The highest BCUT2D eigenvalue weighted by Crippen LogP contribution is 2.24. The lowest BCUT2D eigenvalue weighted by Gasteiger charge is -2.24. The van der Waals surface area contributed by atoms with Gasteiger partial charge in [-0.05, 0) is 29.5 Å². The van der Waals surface area contributed by atoms with Gasteiger partial charge in [0, 0.05) is 0 Å². The second kappa shape index (κ2) is 6.41. The fourth-order valence-electron chi connectivity index (χ4n) is 2.09. The van der Waals surface area contributed by atoms with Crippen LogP contribution >= 0.6 is 0 Å². The Balaban J connectivity index is 2.01. The van der Waals surface area contributed by atoms with Crippen molar-refractivity contribution in [3.05, 3.63) is 66.2 Å². The van der Waals surface area contributed by atoms with Gasteiger partial charge in [-0.1, -0.05) is 62.4 Å². The van der Waals surface area contributed by atoms with Crippen LogP contribution in [0.5, 0.6) is 0 Å². The van der Waals surface area contributed by atoms with Crippen LogP contribution in [0.3, 0.4) is 0 Å². The topological polar surface area (TPSA) is 43.4 Å². The Kier molecular flexibility index (Phi) is 4.80. The standard InChI is InChI=1S/C17H20O3S/c1-17(2,13-15-9-5-3-6-10-15)14-20-21(18,19)16-11-7-4-8-12-16/h3-12H,13-14H2,1-2H3. The zero-order valence-corrected chi connectivity index (χ0v) is 13.1. The van der Waals surface area contributed by atoms with Crippen LogP contribution in [0.4, 0.5) is 0 Å². The van der Waals surface area contributed by atoms with Gasteiger partial charge < -0.3 is 0 Å². The summed E-state index contributed by atoms with van der Waals surface area (Å²) in [5.41, 5.74) is 0.909. The van der Waals surface area contributed by atoms with Gasteiger partial charge in [0.15, 0.2) is 0 Å². The van der Waals surface area contributed by atoms with Gasteiger partial charge in [-0.15, -0.1) is 0 Å². The highest BCUT2D eigenvalue weighted by molar-refractivity contribution is 7.86. The Morgan fingerprint density at radius 1 is 0.905 bits per heavy atom. The highest BCUT2D eigenvalue weighted by atomic mass is 32.2. The summed E-state index contributed by atoms with van der Waals surface area (Å²) in [7, 11) is -3.69. The first-order valence-electron chi connectivity index (χ1n) is 6.87. The summed E-state index contributed by atoms with van der Waals surface area (Å²) in [5, 5.41) is 0. The van der Waals surface area contributed by atoms with Crippen molar-refractivity contribution in [2.75, 3.05) is 6.61 Å². The highest BCUT2D eigenvalue weighted by Gasteiger charge is 2.24. The largest absolute Gasteiger partial charge is 0.296 e. The van der Waals surface area contributed by atoms with E-state index >= 15 is 0 Å². The quantitative estimate of drug-likeness (QED) is 0.765. The lowest BCUT2D eigenvalue weighted by atomic mass is 9.87. The van der Waals surface area contributed by atoms with E-state index in [1.165, 1.54) is 5.56 Å². The first-order chi connectivity index (χ1) is 9.89. The summed E-state index contributed by atoms with van der Waals surface area (Å²) in [6.07, 6.45) is 0.762. The third kappa shape index (κ3) is 4.69. The van der Waals surface area contributed by atoms with Crippen LogP contribution < -0.4 is 0 Å². The molecule has 0 aromatic heterocycles. The molecule has 0 radical (unpaired) electrons. The Hall–Kier alpha value is -1.65. The average molecular weight is 304 g/mol. The Labute approximate surface area is 126 Å². The molecule has 21 heavy (non-hydrogen) atoms. The number of hydrogen-bond donors (Lipinski definition) is 0. The van der Waals surface area contributed by atoms with Gasteiger partial charge in [-0.3, -0.25) is 4.18 Å². The van der Waals surface area contributed by atoms with E-state index in [0.717, 1.165) is 6.42 Å². The van der Waals surface area contributed by atoms with E-state index in [0.29, 0.717) is 0 Å². The van der Waals surface area contributed by atoms with Gasteiger partial charge in [0.25, 0.3) is 10.1 Å². The molecule has 3 nitrogen and oxygen atoms in total. The number of hydrogen-bond acceptors (Lipinski definition) is 3. The van der Waals surface area contributed by atoms with Crippen molar-refractivity contribution in [2.45, 2.75) is 25.2 Å². The van der Waals surface area contributed by atoms with Gasteiger partial charge in [-0.2, -0.15) is 8.42 Å². The van der Waals surface area contributed by atoms with Gasteiger partial charge in [0.1, 0.15) is 0 Å². The molecule has 0 spiro atoms. The first-order valence-corrected chi connectivity index (χ1v) is 8.28. The summed E-state index contributed by atoms with van der Waals surface area (Å²) in [4.78, 5) is 0.195. The summed E-state index contributed by atoms with van der Waals surface area (Å²) in [6, 6.07) is 18.2. The number of benzene rings is 2. The summed E-state index contributed by atoms with van der Waals surface area (Å²) < 4.78 is 29.4. The van der Waals surface area contributed by atoms with E-state index in [2.05, 4.69) is 0 Å². The Morgan fingerprint density at radius 2 is 1.43 bits per heavy atom. The van der Waals surface area contributed by atoms with E-state index in [4.69, 9.17) is 4.18 Å². The maximum atomic E-state index is 12.1. The Morgan fingerprint density at radius 3 is 2.00 bits per heavy atom. The average Bonchev–Trinajstić information content (AvgIpc) is 2.47. The predicted molar refractivity (Wildman–Crippen MR) is 83.5 cm³/mol. The molecular weight excluding hydrogens is 284 g/mol. The smallest absolute Gasteiger partial charge is 0.266 e. The second-order valence-electron chi connectivity index (χ2n) is 5.86. The zero-order valence-electron chi connectivity index (χ0n) is 12.3. The molecular formula is C17H20O3S. The normalized spacial score (nSPS) is 12.3. The van der Waals surface area contributed by atoms with Crippen molar-refractivity contribution in [3.63, 3.8) is 0 Å². The van der Waals surface area contributed by atoms with Crippen LogP contribution in [0.1, 0.15) is 19.4 Å². The van der Waals surface area contributed by atoms with Crippen molar-refractivity contribution in [1.29, 1.82) is 0 Å². The molecule has 0 bridgehead atoms. The van der Waals surface area contributed by atoms with Crippen molar-refractivity contribution in [1.82, 2.24) is 0 Å². The molecule has 0 aliphatic rings. The summed E-state index contributed by atoms with van der Waals surface area (Å²) in [6.45, 7) is 4.15. The molecule has 2 aromatic carbocycles. The third-order valence-electron chi connectivity index (χ3n) is 3.16. The summed E-state index contributed by atoms with van der Waals surface area (Å²) in [5.74, 6) is 0. The molecule has 112 valence electrons. The molecule has 0 N–H and O–H groups in total. The fourth-order valence-corrected chi connectivity index (χ4v) is 3.19. The molecule has 0 saturated heterocycles. The van der Waals surface area contributed by atoms with Crippen LogP contribution in [0.15, 0.2) is 65.6 Å². The van der Waals surface area contributed by atoms with Crippen LogP contribution in [0.25, 0.3) is 0 Å². The maximum Gasteiger partial charge on any atom is 0.296 e. The summed E-state index contributed by atoms with van der Waals surface area (Å²) >= 11 is 0. The zero-order chi connectivity index (χ0) is 15.3. The van der Waals surface area contributed by atoms with E-state index in [-0.39, 0.29) is 16.9 Å². The molecule has 4 heteroatoms. The molecule has 0 atom stereocenters. The monoisotopic (exact) mass is 304 g/mol. The van der Waals surface area contributed by atoms with E-state index in [9.17, 15) is 8.42 Å². The maximum absolute atomic E-state index is 12.1. The molecule has 0 fully saturated rings. The fraction of sp³-hybridized carbons (Fsp3) is 0.294. The van der Waals surface area contributed by atoms with Crippen molar-refractivity contribution < 1.29 is 12.6 Å². The van der Waals surface area contributed by atoms with Crippen LogP contribution in [-0.2, 0) is 20.7 Å². The van der Waals surface area contributed by atoms with Crippen molar-refractivity contribution in [2.24, 2.45) is 5.41 Å². The molecule has 0 heterocycles. The van der Waals surface area contributed by atoms with Gasteiger partial charge in [0.05, 0.1) is 11.5 Å². The first kappa shape index (κ1) is 15.7. The minimum atomic E-state index is -3.69. The molecule has 2 rings (SSSR count). The van der Waals surface area contributed by atoms with E-state index in [1.54, 1.807) is 30.3 Å². The minimum absolute atomic E-state index is 0.152. The van der Waals surface area contributed by atoms with Crippen LogP contribution in [-0.4, -0.2) is 15.0 Å². The number of rotatable bonds is 6. The van der Waals surface area contributed by atoms with Crippen molar-refractivity contribution in [3.8, 4) is 0 Å². The Bertz CT molecular complexity index is 662. The molecule has 0 aliphatic heterocycles. The minimum Gasteiger partial charge on any atom is -0.266 e. The van der Waals surface area contributed by atoms with Gasteiger partial charge >= 0.3 is 0 Å². The molecule has 0 aliphatic carbocycles. The van der Waals surface area contributed by atoms with Crippen molar-refractivity contribution >= 4 is 10.1 Å². The molecule has 0 amide bonds. The van der Waals surface area contributed by atoms with E-state index < -0.39 is 10.1 Å². The third-order valence-corrected chi connectivity index (χ3v) is 4.44. The van der Waals surface area contributed by atoms with Crippen LogP contribution in [0.2, 0.25) is 0 Å². The van der Waals surface area contributed by atoms with Gasteiger partial charge in [-0.25, -0.2) is 0 Å². The van der Waals surface area contributed by atoms with Gasteiger partial charge in [0.2, 0.25) is 0 Å². The molecule has 2 aromatic rings. The SMILES string of the molecule is CC(C)(COS(=O)(=O)c1ccccc1)Cc1ccccc1. The lowest BCUT2D eigenvalue weighted by molar-refractivity contribution is 0.185. The predicted octanol–water partition coefficient (Wildman–Crippen LogP) is 3.66. The molecule has 0 unspecified atom stereocenters. The van der Waals surface area contributed by atoms with Crippen LogP contribution in [0, 0.1) is 5.41 Å². The molecule has 0 saturated carbocycles. The van der Waals surface area contributed by atoms with E-state index in [1.807, 2.05) is 44.2 Å².